The minimum atomic E-state index is -0.249. The van der Waals surface area contributed by atoms with Crippen LogP contribution in [0.2, 0.25) is 5.02 Å². The first-order valence-electron chi connectivity index (χ1n) is 11.2. The van der Waals surface area contributed by atoms with Gasteiger partial charge in [0.25, 0.3) is 11.8 Å². The van der Waals surface area contributed by atoms with Crippen LogP contribution in [-0.4, -0.2) is 29.8 Å². The van der Waals surface area contributed by atoms with Crippen LogP contribution in [0.25, 0.3) is 0 Å². The lowest BCUT2D eigenvalue weighted by atomic mass is 9.94. The second-order valence-corrected chi connectivity index (χ2v) is 9.80. The first kappa shape index (κ1) is 23.5. The molecule has 0 unspecified atom stereocenters. The van der Waals surface area contributed by atoms with Crippen molar-refractivity contribution in [2.24, 2.45) is 0 Å². The van der Waals surface area contributed by atoms with E-state index in [1.54, 1.807) is 24.3 Å². The zero-order valence-electron chi connectivity index (χ0n) is 18.6. The highest BCUT2D eigenvalue weighted by atomic mass is 35.5. The van der Waals surface area contributed by atoms with Gasteiger partial charge in [-0.05, 0) is 61.2 Å². The molecule has 0 radical (unpaired) electrons. The van der Waals surface area contributed by atoms with Crippen LogP contribution < -0.4 is 10.6 Å². The van der Waals surface area contributed by atoms with Crippen LogP contribution in [-0.2, 0) is 6.54 Å². The first-order chi connectivity index (χ1) is 16.0. The maximum absolute atomic E-state index is 13.1. The molecule has 0 spiro atoms. The van der Waals surface area contributed by atoms with Crippen molar-refractivity contribution in [1.82, 2.24) is 4.90 Å². The van der Waals surface area contributed by atoms with Crippen molar-refractivity contribution in [1.29, 1.82) is 0 Å². The molecule has 1 aliphatic carbocycles. The van der Waals surface area contributed by atoms with E-state index in [4.69, 9.17) is 11.6 Å². The van der Waals surface area contributed by atoms with Crippen LogP contribution in [0, 0.1) is 0 Å². The van der Waals surface area contributed by atoms with Gasteiger partial charge in [0.15, 0.2) is 0 Å². The number of carbonyl (C=O) groups is 2. The summed E-state index contributed by atoms with van der Waals surface area (Å²) in [6.45, 7) is 0.782. The van der Waals surface area contributed by atoms with Gasteiger partial charge in [0.2, 0.25) is 0 Å². The summed E-state index contributed by atoms with van der Waals surface area (Å²) in [5.41, 5.74) is 2.72. The minimum absolute atomic E-state index is 0.244. The van der Waals surface area contributed by atoms with Crippen molar-refractivity contribution in [3.8, 4) is 0 Å². The molecule has 1 saturated carbocycles. The molecule has 3 aromatic rings. The number of carbonyl (C=O) groups excluding carboxylic acids is 2. The quantitative estimate of drug-likeness (QED) is 0.396. The van der Waals surface area contributed by atoms with Crippen LogP contribution in [0.15, 0.2) is 60.0 Å². The summed E-state index contributed by atoms with van der Waals surface area (Å²) in [4.78, 5) is 28.4. The van der Waals surface area contributed by atoms with Crippen molar-refractivity contribution in [2.75, 3.05) is 17.7 Å². The molecule has 7 heteroatoms. The first-order valence-corrected chi connectivity index (χ1v) is 12.5. The van der Waals surface area contributed by atoms with Gasteiger partial charge in [-0.3, -0.25) is 14.5 Å². The van der Waals surface area contributed by atoms with Crippen LogP contribution >= 0.6 is 22.9 Å². The Morgan fingerprint density at radius 3 is 2.48 bits per heavy atom. The van der Waals surface area contributed by atoms with Gasteiger partial charge in [0.05, 0.1) is 15.6 Å². The van der Waals surface area contributed by atoms with Gasteiger partial charge >= 0.3 is 0 Å². The van der Waals surface area contributed by atoms with Crippen LogP contribution in [0.4, 0.5) is 11.4 Å². The molecule has 33 heavy (non-hydrogen) atoms. The zero-order chi connectivity index (χ0) is 23.2. The number of rotatable bonds is 7. The van der Waals surface area contributed by atoms with Crippen LogP contribution in [0.3, 0.4) is 0 Å². The molecule has 2 N–H and O–H groups in total. The van der Waals surface area contributed by atoms with E-state index in [0.29, 0.717) is 27.2 Å². The maximum atomic E-state index is 13.1. The molecule has 1 heterocycles. The average molecular weight is 482 g/mol. The Morgan fingerprint density at radius 2 is 1.73 bits per heavy atom. The molecule has 4 rings (SSSR count). The second kappa shape index (κ2) is 11.0. The fourth-order valence-corrected chi connectivity index (χ4v) is 5.03. The van der Waals surface area contributed by atoms with Gasteiger partial charge in [0, 0.05) is 23.8 Å². The number of hydrogen-bond acceptors (Lipinski definition) is 4. The Balaban J connectivity index is 1.46. The molecule has 0 aliphatic heterocycles. The Hall–Kier alpha value is -2.67. The minimum Gasteiger partial charge on any atom is -0.322 e. The number of amides is 2. The van der Waals surface area contributed by atoms with E-state index in [0.717, 1.165) is 17.8 Å². The van der Waals surface area contributed by atoms with Gasteiger partial charge in [-0.1, -0.05) is 55.1 Å². The summed E-state index contributed by atoms with van der Waals surface area (Å²) in [6.07, 6.45) is 6.37. The third-order valence-corrected chi connectivity index (χ3v) is 7.30. The Labute approximate surface area is 203 Å². The number of nitrogens with zero attached hydrogens (tertiary/aromatic N) is 1. The smallest absolute Gasteiger partial charge is 0.265 e. The SMILES string of the molecule is CN(Cc1ccccc1NC(=O)c1ccc(Cl)c(NC(=O)c2cccs2)c1)C1CCCCC1. The van der Waals surface area contributed by atoms with Gasteiger partial charge in [-0.15, -0.1) is 11.3 Å². The van der Waals surface area contributed by atoms with Gasteiger partial charge in [-0.25, -0.2) is 0 Å². The number of para-hydroxylation sites is 1. The lowest BCUT2D eigenvalue weighted by Gasteiger charge is -2.31. The number of benzene rings is 2. The number of halogens is 1. The molecule has 2 amide bonds. The highest BCUT2D eigenvalue weighted by Gasteiger charge is 2.19. The predicted molar refractivity (Wildman–Crippen MR) is 136 cm³/mol. The van der Waals surface area contributed by atoms with E-state index in [1.165, 1.54) is 43.4 Å². The summed E-state index contributed by atoms with van der Waals surface area (Å²) in [6, 6.07) is 17.0. The van der Waals surface area contributed by atoms with Crippen molar-refractivity contribution < 1.29 is 9.59 Å². The van der Waals surface area contributed by atoms with E-state index in [-0.39, 0.29) is 11.8 Å². The monoisotopic (exact) mass is 481 g/mol. The van der Waals surface area contributed by atoms with E-state index in [2.05, 4.69) is 28.6 Å². The maximum Gasteiger partial charge on any atom is 0.265 e. The molecule has 172 valence electrons. The molecule has 1 aromatic heterocycles. The summed E-state index contributed by atoms with van der Waals surface area (Å²) in [7, 11) is 2.16. The lowest BCUT2D eigenvalue weighted by Crippen LogP contribution is -2.33. The fourth-order valence-electron chi connectivity index (χ4n) is 4.25. The molecule has 0 saturated heterocycles. The summed E-state index contributed by atoms with van der Waals surface area (Å²) in [5, 5.41) is 8.06. The molecule has 5 nitrogen and oxygen atoms in total. The number of anilines is 2. The standard InChI is InChI=1S/C26H28ClN3O2S/c1-30(20-9-3-2-4-10-20)17-19-8-5-6-11-22(19)28-25(31)18-13-14-21(27)23(16-18)29-26(32)24-12-7-15-33-24/h5-8,11-16,20H,2-4,9-10,17H2,1H3,(H,28,31)(H,29,32). The number of hydrogen-bond donors (Lipinski definition) is 2. The fraction of sp³-hybridized carbons (Fsp3) is 0.308. The second-order valence-electron chi connectivity index (χ2n) is 8.44. The van der Waals surface area contributed by atoms with Crippen molar-refractivity contribution in [3.63, 3.8) is 0 Å². The molecular weight excluding hydrogens is 454 g/mol. The van der Waals surface area contributed by atoms with Crippen LogP contribution in [0.1, 0.15) is 57.7 Å². The highest BCUT2D eigenvalue weighted by molar-refractivity contribution is 7.12. The number of thiophene rings is 1. The molecular formula is C26H28ClN3O2S. The Kier molecular flexibility index (Phi) is 7.81. The average Bonchev–Trinajstić information content (AvgIpc) is 3.37. The Bertz CT molecular complexity index is 1110. The van der Waals surface area contributed by atoms with Gasteiger partial charge in [-0.2, -0.15) is 0 Å². The third kappa shape index (κ3) is 6.02. The van der Waals surface area contributed by atoms with E-state index in [1.807, 2.05) is 29.6 Å². The number of nitrogens with one attached hydrogen (secondary N) is 2. The van der Waals surface area contributed by atoms with Crippen LogP contribution in [0.5, 0.6) is 0 Å². The summed E-state index contributed by atoms with van der Waals surface area (Å²) in [5.74, 6) is -0.494. The van der Waals surface area contributed by atoms with Crippen molar-refractivity contribution >= 4 is 46.1 Å². The van der Waals surface area contributed by atoms with E-state index in [9.17, 15) is 9.59 Å². The third-order valence-electron chi connectivity index (χ3n) is 6.11. The molecule has 1 fully saturated rings. The topological polar surface area (TPSA) is 61.4 Å². The highest BCUT2D eigenvalue weighted by Crippen LogP contribution is 2.27. The van der Waals surface area contributed by atoms with Gasteiger partial charge in [0.1, 0.15) is 0 Å². The summed E-state index contributed by atoms with van der Waals surface area (Å²) >= 11 is 7.62. The van der Waals surface area contributed by atoms with Crippen molar-refractivity contribution in [2.45, 2.75) is 44.7 Å². The largest absolute Gasteiger partial charge is 0.322 e. The van der Waals surface area contributed by atoms with Gasteiger partial charge < -0.3 is 10.6 Å². The zero-order valence-corrected chi connectivity index (χ0v) is 20.2. The predicted octanol–water partition coefficient (Wildman–Crippen LogP) is 6.67. The normalized spacial score (nSPS) is 14.3. The van der Waals surface area contributed by atoms with Crippen molar-refractivity contribution in [3.05, 3.63) is 81.0 Å². The Morgan fingerprint density at radius 1 is 0.970 bits per heavy atom. The van der Waals surface area contributed by atoms with E-state index < -0.39 is 0 Å². The molecule has 0 bridgehead atoms. The lowest BCUT2D eigenvalue weighted by molar-refractivity contribution is 0.101. The molecule has 2 aromatic carbocycles. The molecule has 1 aliphatic rings. The summed E-state index contributed by atoms with van der Waals surface area (Å²) < 4.78 is 0. The molecule has 0 atom stereocenters. The van der Waals surface area contributed by atoms with E-state index >= 15 is 0 Å².